The van der Waals surface area contributed by atoms with E-state index in [1.165, 1.54) is 4.90 Å². The van der Waals surface area contributed by atoms with E-state index in [0.29, 0.717) is 11.4 Å². The van der Waals surface area contributed by atoms with Gasteiger partial charge in [-0.05, 0) is 23.3 Å². The normalized spacial score (nSPS) is 27.6. The topological polar surface area (TPSA) is 140 Å². The van der Waals surface area contributed by atoms with Crippen LogP contribution in [-0.2, 0) is 9.53 Å². The molecule has 9 heteroatoms. The molecular formula is C21H20N2O7. The zero-order valence-corrected chi connectivity index (χ0v) is 15.6. The molecule has 4 rings (SSSR count). The predicted octanol–water partition coefficient (Wildman–Crippen LogP) is 0.910. The monoisotopic (exact) mass is 412 g/mol. The second-order valence-electron chi connectivity index (χ2n) is 7.02. The first-order chi connectivity index (χ1) is 14.4. The standard InChI is InChI=1S/C21H20N2O7/c24-15-16(25)18(20(27)28)30-19(17(15)26)22-21(29)23-13-7-3-1-5-11(13)9-10-12-6-2-4-8-14(12)23/h1-10,15-19,24-26H,(H,22,29)(H,27,28). The van der Waals surface area contributed by atoms with Crippen LogP contribution in [0.25, 0.3) is 12.2 Å². The lowest BCUT2D eigenvalue weighted by molar-refractivity contribution is -0.231. The van der Waals surface area contributed by atoms with Crippen molar-refractivity contribution < 1.29 is 34.8 Å². The summed E-state index contributed by atoms with van der Waals surface area (Å²) in [6.45, 7) is 0. The minimum absolute atomic E-state index is 0.567. The zero-order chi connectivity index (χ0) is 21.4. The summed E-state index contributed by atoms with van der Waals surface area (Å²) < 4.78 is 5.18. The molecule has 2 aromatic rings. The average Bonchev–Trinajstić information content (AvgIpc) is 2.90. The first-order valence-electron chi connectivity index (χ1n) is 9.27. The fraction of sp³-hybridized carbons (Fsp3) is 0.238. The zero-order valence-electron chi connectivity index (χ0n) is 15.6. The number of aliphatic carboxylic acids is 1. The van der Waals surface area contributed by atoms with E-state index >= 15 is 0 Å². The smallest absolute Gasteiger partial charge is 0.335 e. The van der Waals surface area contributed by atoms with Crippen molar-refractivity contribution in [2.75, 3.05) is 4.90 Å². The Bertz CT molecular complexity index is 959. The highest BCUT2D eigenvalue weighted by atomic mass is 16.6. The van der Waals surface area contributed by atoms with Crippen molar-refractivity contribution in [3.63, 3.8) is 0 Å². The van der Waals surface area contributed by atoms with E-state index in [0.717, 1.165) is 11.1 Å². The molecule has 2 amide bonds. The van der Waals surface area contributed by atoms with Gasteiger partial charge in [0.05, 0.1) is 11.4 Å². The number of carbonyl (C=O) groups is 2. The van der Waals surface area contributed by atoms with Gasteiger partial charge in [-0.3, -0.25) is 4.90 Å². The molecule has 5 atom stereocenters. The summed E-state index contributed by atoms with van der Waals surface area (Å²) in [5, 5.41) is 41.7. The summed E-state index contributed by atoms with van der Waals surface area (Å²) in [6, 6.07) is 13.7. The van der Waals surface area contributed by atoms with Gasteiger partial charge in [-0.15, -0.1) is 0 Å². The molecule has 9 nitrogen and oxygen atoms in total. The Labute approximate surface area is 171 Å². The van der Waals surface area contributed by atoms with Crippen LogP contribution < -0.4 is 10.2 Å². The van der Waals surface area contributed by atoms with Gasteiger partial charge in [0.1, 0.15) is 18.3 Å². The van der Waals surface area contributed by atoms with Gasteiger partial charge in [0.2, 0.25) is 0 Å². The van der Waals surface area contributed by atoms with Gasteiger partial charge in [0.15, 0.2) is 12.3 Å². The molecule has 2 aliphatic rings. The molecule has 0 aliphatic carbocycles. The van der Waals surface area contributed by atoms with Crippen LogP contribution in [-0.4, -0.2) is 63.1 Å². The summed E-state index contributed by atoms with van der Waals surface area (Å²) in [4.78, 5) is 26.0. The molecule has 156 valence electrons. The molecule has 2 aliphatic heterocycles. The Hall–Kier alpha value is -3.24. The molecule has 30 heavy (non-hydrogen) atoms. The van der Waals surface area contributed by atoms with Gasteiger partial charge >= 0.3 is 12.0 Å². The third-order valence-electron chi connectivity index (χ3n) is 5.12. The Morgan fingerprint density at radius 1 is 0.833 bits per heavy atom. The highest BCUT2D eigenvalue weighted by Gasteiger charge is 2.47. The molecule has 2 heterocycles. The third kappa shape index (κ3) is 3.44. The van der Waals surface area contributed by atoms with Crippen molar-refractivity contribution in [1.29, 1.82) is 0 Å². The summed E-state index contributed by atoms with van der Waals surface area (Å²) in [6.07, 6.45) is -4.99. The number of aliphatic hydroxyl groups excluding tert-OH is 3. The number of ether oxygens (including phenoxy) is 1. The second kappa shape index (κ2) is 7.88. The number of amides is 2. The van der Waals surface area contributed by atoms with Crippen LogP contribution in [0.1, 0.15) is 11.1 Å². The summed E-state index contributed by atoms with van der Waals surface area (Å²) in [5.74, 6) is -1.53. The fourth-order valence-electron chi connectivity index (χ4n) is 3.58. The Morgan fingerprint density at radius 2 is 1.37 bits per heavy atom. The number of nitrogens with one attached hydrogen (secondary N) is 1. The Balaban J connectivity index is 1.68. The molecule has 0 spiro atoms. The highest BCUT2D eigenvalue weighted by molar-refractivity contribution is 6.05. The summed E-state index contributed by atoms with van der Waals surface area (Å²) in [5.41, 5.74) is 2.68. The first kappa shape index (κ1) is 20.0. The molecular weight excluding hydrogens is 392 g/mol. The van der Waals surface area contributed by atoms with Gasteiger partial charge in [0.25, 0.3) is 0 Å². The van der Waals surface area contributed by atoms with Crippen LogP contribution in [0.15, 0.2) is 48.5 Å². The number of para-hydroxylation sites is 2. The number of carboxylic acid groups (broad SMARTS) is 1. The van der Waals surface area contributed by atoms with E-state index in [4.69, 9.17) is 4.74 Å². The van der Waals surface area contributed by atoms with Crippen molar-refractivity contribution in [3.05, 3.63) is 59.7 Å². The Kier molecular flexibility index (Phi) is 5.27. The number of carboxylic acids is 1. The maximum absolute atomic E-state index is 13.3. The van der Waals surface area contributed by atoms with Gasteiger partial charge in [-0.25, -0.2) is 9.59 Å². The minimum Gasteiger partial charge on any atom is -0.479 e. The maximum atomic E-state index is 13.3. The van der Waals surface area contributed by atoms with Crippen LogP contribution in [0.2, 0.25) is 0 Å². The van der Waals surface area contributed by atoms with Crippen molar-refractivity contribution in [3.8, 4) is 0 Å². The molecule has 5 N–H and O–H groups in total. The number of hydrogen-bond acceptors (Lipinski definition) is 6. The molecule has 0 saturated carbocycles. The van der Waals surface area contributed by atoms with Crippen LogP contribution >= 0.6 is 0 Å². The van der Waals surface area contributed by atoms with Gasteiger partial charge < -0.3 is 30.5 Å². The lowest BCUT2D eigenvalue weighted by atomic mass is 9.98. The van der Waals surface area contributed by atoms with Gasteiger partial charge in [0, 0.05) is 0 Å². The van der Waals surface area contributed by atoms with Crippen LogP contribution in [0.3, 0.4) is 0 Å². The molecule has 1 fully saturated rings. The highest BCUT2D eigenvalue weighted by Crippen LogP contribution is 2.36. The van der Waals surface area contributed by atoms with Crippen LogP contribution in [0.4, 0.5) is 16.2 Å². The van der Waals surface area contributed by atoms with E-state index in [2.05, 4.69) is 5.32 Å². The number of urea groups is 1. The van der Waals surface area contributed by atoms with Gasteiger partial charge in [-0.1, -0.05) is 48.6 Å². The second-order valence-corrected chi connectivity index (χ2v) is 7.02. The molecule has 1 saturated heterocycles. The van der Waals surface area contributed by atoms with E-state index in [-0.39, 0.29) is 0 Å². The number of nitrogens with zero attached hydrogens (tertiary/aromatic N) is 1. The van der Waals surface area contributed by atoms with E-state index < -0.39 is 42.6 Å². The molecule has 0 aromatic heterocycles. The number of benzene rings is 2. The third-order valence-corrected chi connectivity index (χ3v) is 5.12. The van der Waals surface area contributed by atoms with E-state index in [1.807, 2.05) is 36.4 Å². The largest absolute Gasteiger partial charge is 0.479 e. The average molecular weight is 412 g/mol. The lowest BCUT2D eigenvalue weighted by Gasteiger charge is -2.39. The van der Waals surface area contributed by atoms with E-state index in [9.17, 15) is 30.0 Å². The SMILES string of the molecule is O=C(O)C1OC(NC(=O)N2c3ccccc3C=Cc3ccccc32)C(O)C(O)C1O. The molecule has 5 unspecified atom stereocenters. The molecule has 0 radical (unpaired) electrons. The van der Waals surface area contributed by atoms with E-state index in [1.54, 1.807) is 24.3 Å². The van der Waals surface area contributed by atoms with Crippen molar-refractivity contribution >= 4 is 35.5 Å². The quantitative estimate of drug-likeness (QED) is 0.494. The van der Waals surface area contributed by atoms with Crippen molar-refractivity contribution in [2.24, 2.45) is 0 Å². The van der Waals surface area contributed by atoms with Gasteiger partial charge in [-0.2, -0.15) is 0 Å². The number of anilines is 2. The van der Waals surface area contributed by atoms with Crippen molar-refractivity contribution in [1.82, 2.24) is 5.32 Å². The predicted molar refractivity (Wildman–Crippen MR) is 107 cm³/mol. The summed E-state index contributed by atoms with van der Waals surface area (Å²) >= 11 is 0. The molecule has 2 aromatic carbocycles. The lowest BCUT2D eigenvalue weighted by Crippen LogP contribution is -2.64. The summed E-state index contributed by atoms with van der Waals surface area (Å²) in [7, 11) is 0. The van der Waals surface area contributed by atoms with Crippen LogP contribution in [0.5, 0.6) is 0 Å². The number of hydrogen-bond donors (Lipinski definition) is 5. The van der Waals surface area contributed by atoms with Crippen molar-refractivity contribution in [2.45, 2.75) is 30.6 Å². The minimum atomic E-state index is -1.84. The van der Waals surface area contributed by atoms with Crippen LogP contribution in [0, 0.1) is 0 Å². The maximum Gasteiger partial charge on any atom is 0.335 e. The fourth-order valence-corrected chi connectivity index (χ4v) is 3.58. The number of aliphatic hydroxyl groups is 3. The molecule has 0 bridgehead atoms. The number of carbonyl (C=O) groups excluding carboxylic acids is 1. The Morgan fingerprint density at radius 3 is 1.90 bits per heavy atom. The number of rotatable bonds is 2. The number of fused-ring (bicyclic) bond motifs is 2. The first-order valence-corrected chi connectivity index (χ1v) is 9.27.